The SMILES string of the molecule is Cc1ccc2nc(C)n3c4ccccc4c(NC(=O)c4ccccc4)c3c2c1. The number of aromatic nitrogens is 2. The van der Waals surface area contributed by atoms with Crippen LogP contribution >= 0.6 is 0 Å². The molecule has 2 heterocycles. The van der Waals surface area contributed by atoms with Crippen LogP contribution in [-0.4, -0.2) is 15.3 Å². The Bertz CT molecular complexity index is 1370. The molecule has 0 fully saturated rings. The van der Waals surface area contributed by atoms with Gasteiger partial charge in [-0.15, -0.1) is 0 Å². The summed E-state index contributed by atoms with van der Waals surface area (Å²) in [7, 11) is 0. The number of benzene rings is 3. The molecule has 5 aromatic rings. The molecule has 1 N–H and O–H groups in total. The first kappa shape index (κ1) is 16.5. The van der Waals surface area contributed by atoms with Crippen LogP contribution in [0.2, 0.25) is 0 Å². The van der Waals surface area contributed by atoms with Crippen molar-refractivity contribution in [3.05, 3.63) is 89.7 Å². The number of carbonyl (C=O) groups excluding carboxylic acids is 1. The molecule has 0 saturated heterocycles. The lowest BCUT2D eigenvalue weighted by atomic mass is 10.1. The van der Waals surface area contributed by atoms with Gasteiger partial charge in [-0.25, -0.2) is 4.98 Å². The van der Waals surface area contributed by atoms with Gasteiger partial charge < -0.3 is 5.32 Å². The summed E-state index contributed by atoms with van der Waals surface area (Å²) in [5.41, 5.74) is 5.56. The van der Waals surface area contributed by atoms with Gasteiger partial charge in [-0.05, 0) is 44.2 Å². The number of hydrogen-bond donors (Lipinski definition) is 1. The summed E-state index contributed by atoms with van der Waals surface area (Å²) in [4.78, 5) is 17.7. The normalized spacial score (nSPS) is 11.4. The number of fused-ring (bicyclic) bond motifs is 5. The molecule has 0 aliphatic carbocycles. The van der Waals surface area contributed by atoms with Gasteiger partial charge >= 0.3 is 0 Å². The minimum Gasteiger partial charge on any atom is -0.320 e. The van der Waals surface area contributed by atoms with Crippen LogP contribution in [0.4, 0.5) is 5.69 Å². The molecule has 0 saturated carbocycles. The number of aryl methyl sites for hydroxylation is 2. The van der Waals surface area contributed by atoms with Crippen molar-refractivity contribution in [3.63, 3.8) is 0 Å². The van der Waals surface area contributed by atoms with Gasteiger partial charge in [0, 0.05) is 16.3 Å². The first-order valence-corrected chi connectivity index (χ1v) is 9.30. The predicted octanol–water partition coefficient (Wildman–Crippen LogP) is 5.51. The third-order valence-electron chi connectivity index (χ3n) is 5.16. The van der Waals surface area contributed by atoms with Crippen LogP contribution in [0.1, 0.15) is 21.7 Å². The van der Waals surface area contributed by atoms with Crippen LogP contribution in [0.15, 0.2) is 72.8 Å². The Hall–Kier alpha value is -3.66. The number of hydrogen-bond acceptors (Lipinski definition) is 2. The second kappa shape index (κ2) is 6.20. The monoisotopic (exact) mass is 365 g/mol. The molecule has 0 aliphatic rings. The van der Waals surface area contributed by atoms with Gasteiger partial charge in [0.05, 0.1) is 22.2 Å². The van der Waals surface area contributed by atoms with Crippen LogP contribution in [0.3, 0.4) is 0 Å². The van der Waals surface area contributed by atoms with Crippen molar-refractivity contribution in [1.82, 2.24) is 9.38 Å². The predicted molar refractivity (Wildman–Crippen MR) is 114 cm³/mol. The number of amides is 1. The molecule has 0 atom stereocenters. The van der Waals surface area contributed by atoms with Crippen LogP contribution in [-0.2, 0) is 0 Å². The molecule has 5 rings (SSSR count). The number of carbonyl (C=O) groups is 1. The fourth-order valence-corrected chi connectivity index (χ4v) is 3.89. The van der Waals surface area contributed by atoms with E-state index in [-0.39, 0.29) is 5.91 Å². The molecular formula is C24H19N3O. The molecule has 28 heavy (non-hydrogen) atoms. The molecule has 136 valence electrons. The summed E-state index contributed by atoms with van der Waals surface area (Å²) in [5, 5.41) is 5.21. The number of nitrogens with zero attached hydrogens (tertiary/aromatic N) is 2. The molecule has 1 amide bonds. The van der Waals surface area contributed by atoms with Crippen molar-refractivity contribution in [3.8, 4) is 0 Å². The highest BCUT2D eigenvalue weighted by Crippen LogP contribution is 2.36. The van der Waals surface area contributed by atoms with E-state index in [2.05, 4.69) is 34.8 Å². The number of anilines is 1. The molecule has 0 bridgehead atoms. The topological polar surface area (TPSA) is 46.4 Å². The second-order valence-electron chi connectivity index (χ2n) is 7.08. The Balaban J connectivity index is 1.87. The fourth-order valence-electron chi connectivity index (χ4n) is 3.89. The van der Waals surface area contributed by atoms with Crippen LogP contribution in [0, 0.1) is 13.8 Å². The summed E-state index contributed by atoms with van der Waals surface area (Å²) >= 11 is 0. The zero-order chi connectivity index (χ0) is 19.3. The zero-order valence-corrected chi connectivity index (χ0v) is 15.7. The summed E-state index contributed by atoms with van der Waals surface area (Å²) in [5.74, 6) is 0.775. The van der Waals surface area contributed by atoms with E-state index in [0.717, 1.165) is 44.4 Å². The average Bonchev–Trinajstić information content (AvgIpc) is 3.05. The van der Waals surface area contributed by atoms with Gasteiger partial charge in [0.15, 0.2) is 0 Å². The second-order valence-corrected chi connectivity index (χ2v) is 7.08. The zero-order valence-electron chi connectivity index (χ0n) is 15.7. The van der Waals surface area contributed by atoms with Gasteiger partial charge in [-0.2, -0.15) is 0 Å². The van der Waals surface area contributed by atoms with Crippen molar-refractivity contribution in [2.45, 2.75) is 13.8 Å². The molecule has 4 nitrogen and oxygen atoms in total. The van der Waals surface area contributed by atoms with E-state index >= 15 is 0 Å². The largest absolute Gasteiger partial charge is 0.320 e. The first-order chi connectivity index (χ1) is 13.6. The van der Waals surface area contributed by atoms with Crippen LogP contribution in [0.25, 0.3) is 27.3 Å². The van der Waals surface area contributed by atoms with E-state index in [9.17, 15) is 4.79 Å². The minimum atomic E-state index is -0.117. The van der Waals surface area contributed by atoms with Gasteiger partial charge in [-0.1, -0.05) is 48.0 Å². The standard InChI is InChI=1S/C24H19N3O/c1-15-12-13-20-19(14-15)23-22(26-24(28)17-8-4-3-5-9-17)18-10-6-7-11-21(18)27(23)16(2)25-20/h3-14H,1-2H3,(H,26,28). The number of rotatable bonds is 2. The van der Waals surface area contributed by atoms with E-state index < -0.39 is 0 Å². The molecule has 0 spiro atoms. The highest BCUT2D eigenvalue weighted by molar-refractivity contribution is 6.18. The summed E-state index contributed by atoms with van der Waals surface area (Å²) < 4.78 is 2.14. The first-order valence-electron chi connectivity index (χ1n) is 9.30. The lowest BCUT2D eigenvalue weighted by Gasteiger charge is -2.10. The fraction of sp³-hybridized carbons (Fsp3) is 0.0833. The van der Waals surface area contributed by atoms with E-state index in [4.69, 9.17) is 4.98 Å². The molecule has 0 radical (unpaired) electrons. The van der Waals surface area contributed by atoms with Crippen molar-refractivity contribution in [2.24, 2.45) is 0 Å². The third kappa shape index (κ3) is 2.46. The summed E-state index contributed by atoms with van der Waals surface area (Å²) in [6.07, 6.45) is 0. The van der Waals surface area contributed by atoms with Gasteiger partial charge in [0.2, 0.25) is 0 Å². The maximum Gasteiger partial charge on any atom is 0.255 e. The molecule has 4 heteroatoms. The minimum absolute atomic E-state index is 0.117. The summed E-state index contributed by atoms with van der Waals surface area (Å²) in [6.45, 7) is 4.07. The number of para-hydroxylation sites is 1. The van der Waals surface area contributed by atoms with Gasteiger partial charge in [0.25, 0.3) is 5.91 Å². The highest BCUT2D eigenvalue weighted by Gasteiger charge is 2.19. The Morgan fingerprint density at radius 3 is 2.46 bits per heavy atom. The third-order valence-corrected chi connectivity index (χ3v) is 5.16. The maximum absolute atomic E-state index is 13.0. The van der Waals surface area contributed by atoms with Crippen molar-refractivity contribution < 1.29 is 4.79 Å². The van der Waals surface area contributed by atoms with Gasteiger partial charge in [-0.3, -0.25) is 9.20 Å². The molecule has 0 unspecified atom stereocenters. The Morgan fingerprint density at radius 2 is 1.64 bits per heavy atom. The van der Waals surface area contributed by atoms with Crippen molar-refractivity contribution in [1.29, 1.82) is 0 Å². The lowest BCUT2D eigenvalue weighted by molar-refractivity contribution is 0.102. The lowest BCUT2D eigenvalue weighted by Crippen LogP contribution is -2.12. The van der Waals surface area contributed by atoms with E-state index in [1.54, 1.807) is 0 Å². The average molecular weight is 365 g/mol. The van der Waals surface area contributed by atoms with Crippen molar-refractivity contribution in [2.75, 3.05) is 5.32 Å². The summed E-state index contributed by atoms with van der Waals surface area (Å²) in [6, 6.07) is 23.7. The number of nitrogens with one attached hydrogen (secondary N) is 1. The molecule has 3 aromatic carbocycles. The maximum atomic E-state index is 13.0. The van der Waals surface area contributed by atoms with E-state index in [1.165, 1.54) is 0 Å². The smallest absolute Gasteiger partial charge is 0.255 e. The Morgan fingerprint density at radius 1 is 0.893 bits per heavy atom. The van der Waals surface area contributed by atoms with E-state index in [1.807, 2.05) is 61.5 Å². The molecular weight excluding hydrogens is 346 g/mol. The van der Waals surface area contributed by atoms with Crippen LogP contribution < -0.4 is 5.32 Å². The van der Waals surface area contributed by atoms with E-state index in [0.29, 0.717) is 5.56 Å². The van der Waals surface area contributed by atoms with Crippen LogP contribution in [0.5, 0.6) is 0 Å². The van der Waals surface area contributed by atoms with Gasteiger partial charge in [0.1, 0.15) is 5.82 Å². The quantitative estimate of drug-likeness (QED) is 0.448. The molecule has 0 aliphatic heterocycles. The Kier molecular flexibility index (Phi) is 3.66. The Labute approximate surface area is 162 Å². The molecule has 2 aromatic heterocycles. The highest BCUT2D eigenvalue weighted by atomic mass is 16.1. The van der Waals surface area contributed by atoms with Crippen molar-refractivity contribution >= 4 is 38.9 Å².